The number of rotatable bonds is 4. The quantitative estimate of drug-likeness (QED) is 0.734. The van der Waals surface area contributed by atoms with Gasteiger partial charge in [0.2, 0.25) is 5.91 Å². The largest absolute Gasteiger partial charge is 0.489 e. The highest BCUT2D eigenvalue weighted by molar-refractivity contribution is 5.96. The summed E-state index contributed by atoms with van der Waals surface area (Å²) >= 11 is 0. The van der Waals surface area contributed by atoms with Gasteiger partial charge in [0.05, 0.1) is 37.9 Å². The number of morpholine rings is 1. The lowest BCUT2D eigenvalue weighted by Gasteiger charge is -2.36. The van der Waals surface area contributed by atoms with Crippen molar-refractivity contribution in [3.63, 3.8) is 0 Å². The third-order valence-electron chi connectivity index (χ3n) is 5.03. The molecule has 0 saturated carbocycles. The second-order valence-electron chi connectivity index (χ2n) is 6.82. The van der Waals surface area contributed by atoms with Crippen LogP contribution in [-0.2, 0) is 9.53 Å². The lowest BCUT2D eigenvalue weighted by molar-refractivity contribution is -0.129. The summed E-state index contributed by atoms with van der Waals surface area (Å²) in [6, 6.07) is 5.34. The summed E-state index contributed by atoms with van der Waals surface area (Å²) in [7, 11) is 3.61. The number of ether oxygens (including phenoxy) is 2. The van der Waals surface area contributed by atoms with Gasteiger partial charge in [-0.25, -0.2) is 0 Å². The third kappa shape index (κ3) is 4.17. The van der Waals surface area contributed by atoms with Crippen molar-refractivity contribution in [3.8, 4) is 18.1 Å². The van der Waals surface area contributed by atoms with Crippen LogP contribution in [0.2, 0.25) is 0 Å². The number of carbonyl (C=O) groups is 2. The number of hydrogen-bond acceptors (Lipinski definition) is 5. The molecule has 0 aliphatic carbocycles. The van der Waals surface area contributed by atoms with Gasteiger partial charge < -0.3 is 24.2 Å². The average Bonchev–Trinajstić information content (AvgIpc) is 2.70. The predicted molar refractivity (Wildman–Crippen MR) is 102 cm³/mol. The van der Waals surface area contributed by atoms with Crippen LogP contribution in [0.15, 0.2) is 18.2 Å². The number of nitrogens with zero attached hydrogens (tertiary/aromatic N) is 3. The summed E-state index contributed by atoms with van der Waals surface area (Å²) in [6.07, 6.45) is 5.58. The van der Waals surface area contributed by atoms with Gasteiger partial charge in [0.15, 0.2) is 0 Å². The van der Waals surface area contributed by atoms with E-state index in [1.807, 2.05) is 24.1 Å². The van der Waals surface area contributed by atoms with Gasteiger partial charge >= 0.3 is 0 Å². The fourth-order valence-corrected chi connectivity index (χ4v) is 3.27. The summed E-state index contributed by atoms with van der Waals surface area (Å²) in [5.41, 5.74) is 1.43. The van der Waals surface area contributed by atoms with Gasteiger partial charge in [-0.3, -0.25) is 9.59 Å². The molecule has 0 aromatic heterocycles. The summed E-state index contributed by atoms with van der Waals surface area (Å²) in [6.45, 7) is 3.02. The lowest BCUT2D eigenvalue weighted by atomic mass is 10.1. The second-order valence-corrected chi connectivity index (χ2v) is 6.82. The summed E-state index contributed by atoms with van der Waals surface area (Å²) < 4.78 is 11.1. The zero-order valence-corrected chi connectivity index (χ0v) is 15.8. The molecule has 2 aliphatic heterocycles. The first-order valence-electron chi connectivity index (χ1n) is 9.05. The van der Waals surface area contributed by atoms with Gasteiger partial charge in [-0.2, -0.15) is 0 Å². The van der Waals surface area contributed by atoms with Gasteiger partial charge in [0, 0.05) is 32.7 Å². The molecule has 2 aliphatic rings. The molecule has 0 radical (unpaired) electrons. The van der Waals surface area contributed by atoms with Crippen molar-refractivity contribution in [1.82, 2.24) is 9.80 Å². The fourth-order valence-electron chi connectivity index (χ4n) is 3.27. The minimum atomic E-state index is -0.112. The molecule has 0 spiro atoms. The SMILES string of the molecule is C#CCN(C)C(=O)C[C@@H]1COc2ccc(C(=O)N3CCOCC3)cc2N1C. The summed E-state index contributed by atoms with van der Waals surface area (Å²) in [5, 5.41) is 0. The van der Waals surface area contributed by atoms with E-state index in [1.54, 1.807) is 18.0 Å². The Balaban J connectivity index is 1.74. The number of carbonyl (C=O) groups excluding carboxylic acids is 2. The monoisotopic (exact) mass is 371 g/mol. The van der Waals surface area contributed by atoms with Crippen molar-refractivity contribution in [2.45, 2.75) is 12.5 Å². The van der Waals surface area contributed by atoms with Gasteiger partial charge in [-0.15, -0.1) is 6.42 Å². The number of fused-ring (bicyclic) bond motifs is 1. The fraction of sp³-hybridized carbons (Fsp3) is 0.500. The lowest BCUT2D eigenvalue weighted by Crippen LogP contribution is -2.44. The molecule has 2 heterocycles. The Morgan fingerprint density at radius 2 is 2.07 bits per heavy atom. The molecule has 0 unspecified atom stereocenters. The van der Waals surface area contributed by atoms with E-state index in [-0.39, 0.29) is 24.4 Å². The number of hydrogen-bond donors (Lipinski definition) is 0. The van der Waals surface area contributed by atoms with Crippen molar-refractivity contribution < 1.29 is 19.1 Å². The Morgan fingerprint density at radius 1 is 1.33 bits per heavy atom. The van der Waals surface area contributed by atoms with E-state index in [9.17, 15) is 9.59 Å². The zero-order valence-electron chi connectivity index (χ0n) is 15.8. The van der Waals surface area contributed by atoms with Gasteiger partial charge in [0.25, 0.3) is 5.91 Å². The molecular weight excluding hydrogens is 346 g/mol. The molecule has 1 aromatic carbocycles. The van der Waals surface area contributed by atoms with Gasteiger partial charge in [-0.1, -0.05) is 5.92 Å². The van der Waals surface area contributed by atoms with E-state index in [2.05, 4.69) is 5.92 Å². The van der Waals surface area contributed by atoms with Crippen LogP contribution in [0.4, 0.5) is 5.69 Å². The highest BCUT2D eigenvalue weighted by Crippen LogP contribution is 2.35. The molecule has 2 amide bonds. The highest BCUT2D eigenvalue weighted by atomic mass is 16.5. The number of terminal acetylenes is 1. The first kappa shape index (κ1) is 19.1. The molecular formula is C20H25N3O4. The Kier molecular flexibility index (Phi) is 5.87. The van der Waals surface area contributed by atoms with Crippen LogP contribution < -0.4 is 9.64 Å². The molecule has 7 nitrogen and oxygen atoms in total. The van der Waals surface area contributed by atoms with Crippen LogP contribution in [0.25, 0.3) is 0 Å². The van der Waals surface area contributed by atoms with E-state index in [1.165, 1.54) is 4.90 Å². The number of benzene rings is 1. The molecule has 144 valence electrons. The van der Waals surface area contributed by atoms with Crippen LogP contribution in [-0.4, -0.2) is 81.2 Å². The summed E-state index contributed by atoms with van der Waals surface area (Å²) in [4.78, 5) is 30.4. The van der Waals surface area contributed by atoms with Crippen LogP contribution >= 0.6 is 0 Å². The van der Waals surface area contributed by atoms with Crippen molar-refractivity contribution >= 4 is 17.5 Å². The number of anilines is 1. The first-order chi connectivity index (χ1) is 13.0. The molecule has 1 atom stereocenters. The van der Waals surface area contributed by atoms with E-state index in [0.29, 0.717) is 44.9 Å². The van der Waals surface area contributed by atoms with E-state index in [4.69, 9.17) is 15.9 Å². The topological polar surface area (TPSA) is 62.3 Å². The van der Waals surface area contributed by atoms with Crippen LogP contribution in [0.1, 0.15) is 16.8 Å². The number of amides is 2. The molecule has 27 heavy (non-hydrogen) atoms. The smallest absolute Gasteiger partial charge is 0.254 e. The van der Waals surface area contributed by atoms with E-state index < -0.39 is 0 Å². The Morgan fingerprint density at radius 3 is 2.78 bits per heavy atom. The molecule has 1 saturated heterocycles. The molecule has 7 heteroatoms. The average molecular weight is 371 g/mol. The minimum Gasteiger partial charge on any atom is -0.489 e. The van der Waals surface area contributed by atoms with Gasteiger partial charge in [0.1, 0.15) is 12.4 Å². The maximum absolute atomic E-state index is 12.7. The molecule has 1 fully saturated rings. The Hall–Kier alpha value is -2.72. The third-order valence-corrected chi connectivity index (χ3v) is 5.03. The van der Waals surface area contributed by atoms with Crippen LogP contribution in [0.5, 0.6) is 5.75 Å². The number of likely N-dealkylation sites (N-methyl/N-ethyl adjacent to an activating group) is 1. The Labute approximate surface area is 159 Å². The zero-order chi connectivity index (χ0) is 19.4. The van der Waals surface area contributed by atoms with Crippen molar-refractivity contribution in [1.29, 1.82) is 0 Å². The van der Waals surface area contributed by atoms with Crippen molar-refractivity contribution in [3.05, 3.63) is 23.8 Å². The molecule has 0 bridgehead atoms. The molecule has 0 N–H and O–H groups in total. The van der Waals surface area contributed by atoms with Gasteiger partial charge in [-0.05, 0) is 18.2 Å². The normalized spacial score (nSPS) is 18.9. The Bertz CT molecular complexity index is 752. The summed E-state index contributed by atoms with van der Waals surface area (Å²) in [5.74, 6) is 3.15. The first-order valence-corrected chi connectivity index (χ1v) is 9.05. The molecule has 3 rings (SSSR count). The van der Waals surface area contributed by atoms with Crippen LogP contribution in [0, 0.1) is 12.3 Å². The van der Waals surface area contributed by atoms with Crippen LogP contribution in [0.3, 0.4) is 0 Å². The predicted octanol–water partition coefficient (Wildman–Crippen LogP) is 0.838. The van der Waals surface area contributed by atoms with Crippen molar-refractivity contribution in [2.75, 3.05) is 58.5 Å². The van der Waals surface area contributed by atoms with E-state index >= 15 is 0 Å². The minimum absolute atomic E-state index is 0.0125. The molecule has 1 aromatic rings. The highest BCUT2D eigenvalue weighted by Gasteiger charge is 2.29. The van der Waals surface area contributed by atoms with Crippen molar-refractivity contribution in [2.24, 2.45) is 0 Å². The second kappa shape index (κ2) is 8.31. The van der Waals surface area contributed by atoms with E-state index in [0.717, 1.165) is 11.4 Å². The maximum Gasteiger partial charge on any atom is 0.254 e. The standard InChI is InChI=1S/C20H25N3O4/c1-4-7-21(2)19(24)13-16-14-27-18-6-5-15(12-17(18)22(16)3)20(25)23-8-10-26-11-9-23/h1,5-6,12,16H,7-11,13-14H2,2-3H3/t16-/m1/s1. The maximum atomic E-state index is 12.7.